The van der Waals surface area contributed by atoms with E-state index in [4.69, 9.17) is 11.6 Å². The zero-order valence-corrected chi connectivity index (χ0v) is 20.2. The third kappa shape index (κ3) is 3.70. The number of hydrogen-bond donors (Lipinski definition) is 1. The van der Waals surface area contributed by atoms with Crippen molar-refractivity contribution in [3.8, 4) is 0 Å². The van der Waals surface area contributed by atoms with Gasteiger partial charge in [0.15, 0.2) is 0 Å². The molecular formula is C19H17ClN6O3S3. The van der Waals surface area contributed by atoms with Gasteiger partial charge in [0, 0.05) is 17.8 Å². The van der Waals surface area contributed by atoms with E-state index in [0.717, 1.165) is 41.4 Å². The molecule has 13 heteroatoms. The zero-order valence-electron chi connectivity index (χ0n) is 17.0. The van der Waals surface area contributed by atoms with Crippen molar-refractivity contribution in [2.45, 2.75) is 19.3 Å². The Labute approximate surface area is 196 Å². The molecular weight excluding hydrogens is 492 g/mol. The molecule has 4 aromatic rings. The Morgan fingerprint density at radius 2 is 2.12 bits per heavy atom. The molecule has 1 aromatic carbocycles. The molecule has 1 aliphatic carbocycles. The van der Waals surface area contributed by atoms with Crippen molar-refractivity contribution >= 4 is 82.3 Å². The number of carbonyl (C=O) groups is 1. The van der Waals surface area contributed by atoms with Crippen LogP contribution in [0.25, 0.3) is 20.4 Å². The largest absolute Gasteiger partial charge is 0.338 e. The van der Waals surface area contributed by atoms with Crippen LogP contribution in [0.3, 0.4) is 0 Å². The van der Waals surface area contributed by atoms with Crippen LogP contribution in [0.15, 0.2) is 18.5 Å². The van der Waals surface area contributed by atoms with E-state index < -0.39 is 10.0 Å². The van der Waals surface area contributed by atoms with E-state index >= 15 is 0 Å². The van der Waals surface area contributed by atoms with Crippen LogP contribution >= 0.6 is 34.5 Å². The highest BCUT2D eigenvalue weighted by Gasteiger charge is 2.33. The molecule has 5 rings (SSSR count). The second kappa shape index (κ2) is 7.87. The first-order chi connectivity index (χ1) is 15.2. The van der Waals surface area contributed by atoms with E-state index in [1.54, 1.807) is 6.07 Å². The van der Waals surface area contributed by atoms with Crippen LogP contribution in [0.5, 0.6) is 0 Å². The van der Waals surface area contributed by atoms with Crippen molar-refractivity contribution in [2.24, 2.45) is 5.92 Å². The quantitative estimate of drug-likeness (QED) is 0.444. The third-order valence-corrected chi connectivity index (χ3v) is 8.93. The summed E-state index contributed by atoms with van der Waals surface area (Å²) in [7, 11) is -2.27. The molecule has 9 nitrogen and oxygen atoms in total. The Bertz CT molecular complexity index is 1480. The van der Waals surface area contributed by atoms with E-state index in [9.17, 15) is 13.2 Å². The van der Waals surface area contributed by atoms with E-state index in [0.29, 0.717) is 35.8 Å². The van der Waals surface area contributed by atoms with Crippen molar-refractivity contribution in [3.63, 3.8) is 0 Å². The van der Waals surface area contributed by atoms with Crippen LogP contribution in [-0.2, 0) is 27.7 Å². The van der Waals surface area contributed by atoms with Gasteiger partial charge in [-0.1, -0.05) is 16.1 Å². The van der Waals surface area contributed by atoms with Gasteiger partial charge in [0.2, 0.25) is 15.9 Å². The molecule has 0 bridgehead atoms. The summed E-state index contributed by atoms with van der Waals surface area (Å²) < 4.78 is 29.3. The fourth-order valence-corrected chi connectivity index (χ4v) is 6.39. The van der Waals surface area contributed by atoms with Crippen molar-refractivity contribution < 1.29 is 13.2 Å². The topological polar surface area (TPSA) is 118 Å². The summed E-state index contributed by atoms with van der Waals surface area (Å²) in [4.78, 5) is 23.4. The van der Waals surface area contributed by atoms with Crippen molar-refractivity contribution in [2.75, 3.05) is 18.6 Å². The molecule has 0 radical (unpaired) electrons. The molecule has 166 valence electrons. The van der Waals surface area contributed by atoms with Crippen LogP contribution < -0.4 is 5.32 Å². The highest BCUT2D eigenvalue weighted by atomic mass is 35.5. The molecule has 1 aliphatic rings. The molecule has 32 heavy (non-hydrogen) atoms. The first kappa shape index (κ1) is 21.4. The molecule has 1 atom stereocenters. The first-order valence-electron chi connectivity index (χ1n) is 9.64. The summed E-state index contributed by atoms with van der Waals surface area (Å²) in [6, 6.07) is 3.66. The Kier molecular flexibility index (Phi) is 5.27. The van der Waals surface area contributed by atoms with Gasteiger partial charge in [0.05, 0.1) is 27.1 Å². The predicted molar refractivity (Wildman–Crippen MR) is 126 cm³/mol. The van der Waals surface area contributed by atoms with E-state index in [1.165, 1.54) is 36.2 Å². The Morgan fingerprint density at radius 3 is 2.91 bits per heavy atom. The Morgan fingerprint density at radius 1 is 1.31 bits per heavy atom. The van der Waals surface area contributed by atoms with Crippen LogP contribution in [0.4, 0.5) is 11.5 Å². The maximum absolute atomic E-state index is 12.7. The van der Waals surface area contributed by atoms with Crippen LogP contribution in [-0.4, -0.2) is 51.5 Å². The van der Waals surface area contributed by atoms with Gasteiger partial charge in [0.1, 0.15) is 22.5 Å². The monoisotopic (exact) mass is 508 g/mol. The van der Waals surface area contributed by atoms with Crippen LogP contribution in [0.1, 0.15) is 16.9 Å². The average molecular weight is 509 g/mol. The van der Waals surface area contributed by atoms with Crippen molar-refractivity contribution in [1.29, 1.82) is 0 Å². The highest BCUT2D eigenvalue weighted by Crippen LogP contribution is 2.41. The Hall–Kier alpha value is -2.41. The number of anilines is 2. The number of halogens is 1. The SMILES string of the molecule is CN(C(=O)[C@H]1CCc2c(sc3ncnc(Nc4cc5snnc5cc4Cl)c23)C1)S(C)(=O)=O. The van der Waals surface area contributed by atoms with Gasteiger partial charge in [0.25, 0.3) is 0 Å². The smallest absolute Gasteiger partial charge is 0.239 e. The van der Waals surface area contributed by atoms with Crippen molar-refractivity contribution in [1.82, 2.24) is 23.9 Å². The Balaban J connectivity index is 1.49. The predicted octanol–water partition coefficient (Wildman–Crippen LogP) is 3.62. The van der Waals surface area contributed by atoms with Crippen molar-refractivity contribution in [3.05, 3.63) is 33.9 Å². The lowest BCUT2D eigenvalue weighted by Gasteiger charge is -2.25. The lowest BCUT2D eigenvalue weighted by atomic mass is 9.87. The number of benzene rings is 1. The summed E-state index contributed by atoms with van der Waals surface area (Å²) in [5, 5.41) is 8.79. The van der Waals surface area contributed by atoms with Gasteiger partial charge in [-0.2, -0.15) is 0 Å². The third-order valence-electron chi connectivity index (χ3n) is 5.59. The maximum Gasteiger partial charge on any atom is 0.239 e. The number of fused-ring (bicyclic) bond motifs is 4. The molecule has 3 aromatic heterocycles. The summed E-state index contributed by atoms with van der Waals surface area (Å²) in [6.07, 6.45) is 4.21. The number of thiophene rings is 1. The fourth-order valence-electron chi connectivity index (χ4n) is 3.86. The second-order valence-corrected chi connectivity index (χ2v) is 11.9. The molecule has 3 heterocycles. The summed E-state index contributed by atoms with van der Waals surface area (Å²) >= 11 is 9.24. The zero-order chi connectivity index (χ0) is 22.6. The molecule has 0 saturated carbocycles. The molecule has 0 spiro atoms. The van der Waals surface area contributed by atoms with Gasteiger partial charge < -0.3 is 5.32 Å². The first-order valence-corrected chi connectivity index (χ1v) is 13.5. The minimum atomic E-state index is -3.58. The number of nitrogens with one attached hydrogen (secondary N) is 1. The van der Waals surface area contributed by atoms with E-state index in [-0.39, 0.29) is 11.8 Å². The minimum absolute atomic E-state index is 0.377. The standard InChI is InChI=1S/C19H17ClN6O3S3/c1-26(32(2,28)29)19(27)9-3-4-10-14(5-9)30-18-16(10)17(21-8-22-18)23-12-7-15-13(6-11(12)20)24-25-31-15/h6-9H,3-5H2,1-2H3,(H,21,22,23)/t9-/m0/s1. The molecule has 0 aliphatic heterocycles. The summed E-state index contributed by atoms with van der Waals surface area (Å²) in [6.45, 7) is 0. The summed E-state index contributed by atoms with van der Waals surface area (Å²) in [5.41, 5.74) is 2.53. The van der Waals surface area contributed by atoms with Gasteiger partial charge in [-0.3, -0.25) is 4.79 Å². The number of sulfonamides is 1. The van der Waals surface area contributed by atoms with Gasteiger partial charge >= 0.3 is 0 Å². The molecule has 1 N–H and O–H groups in total. The van der Waals surface area contributed by atoms with E-state index in [2.05, 4.69) is 24.9 Å². The van der Waals surface area contributed by atoms with Gasteiger partial charge in [-0.25, -0.2) is 22.7 Å². The molecule has 1 amide bonds. The maximum atomic E-state index is 12.7. The lowest BCUT2D eigenvalue weighted by molar-refractivity contribution is -0.130. The summed E-state index contributed by atoms with van der Waals surface area (Å²) in [5.74, 6) is -0.113. The number of carbonyl (C=O) groups excluding carboxylic acids is 1. The molecule has 0 saturated heterocycles. The fraction of sp³-hybridized carbons (Fsp3) is 0.316. The number of nitrogens with zero attached hydrogens (tertiary/aromatic N) is 5. The normalized spacial score (nSPS) is 16.3. The molecule has 0 unspecified atom stereocenters. The lowest BCUT2D eigenvalue weighted by Crippen LogP contribution is -2.38. The average Bonchev–Trinajstić information content (AvgIpc) is 3.35. The number of rotatable bonds is 4. The highest BCUT2D eigenvalue weighted by molar-refractivity contribution is 7.88. The van der Waals surface area contributed by atoms with Gasteiger partial charge in [-0.05, 0) is 48.5 Å². The number of hydrogen-bond acceptors (Lipinski definition) is 10. The van der Waals surface area contributed by atoms with Crippen LogP contribution in [0.2, 0.25) is 5.02 Å². The number of amides is 1. The molecule has 0 fully saturated rings. The minimum Gasteiger partial charge on any atom is -0.338 e. The second-order valence-electron chi connectivity index (χ2n) is 7.61. The van der Waals surface area contributed by atoms with Gasteiger partial charge in [-0.15, -0.1) is 16.4 Å². The van der Waals surface area contributed by atoms with Crippen LogP contribution in [0, 0.1) is 5.92 Å². The number of aromatic nitrogens is 4. The van der Waals surface area contributed by atoms with E-state index in [1.807, 2.05) is 6.07 Å². The number of aryl methyl sites for hydroxylation is 1.